The summed E-state index contributed by atoms with van der Waals surface area (Å²) in [5.41, 5.74) is 0. The molecule has 0 radical (unpaired) electrons. The van der Waals surface area contributed by atoms with Gasteiger partial charge in [-0.2, -0.15) is 4.31 Å². The van der Waals surface area contributed by atoms with Crippen molar-refractivity contribution in [1.82, 2.24) is 4.31 Å². The van der Waals surface area contributed by atoms with Crippen molar-refractivity contribution in [3.63, 3.8) is 0 Å². The molecule has 0 aromatic heterocycles. The Hall–Kier alpha value is -1.07. The summed E-state index contributed by atoms with van der Waals surface area (Å²) in [6, 6.07) is 6.71. The molecule has 5 heteroatoms. The van der Waals surface area contributed by atoms with E-state index in [1.807, 2.05) is 13.8 Å². The summed E-state index contributed by atoms with van der Waals surface area (Å²) in [7, 11) is -3.37. The second-order valence-corrected chi connectivity index (χ2v) is 7.15. The predicted octanol–water partition coefficient (Wildman–Crippen LogP) is 2.90. The maximum absolute atomic E-state index is 12.6. The number of hydrogen-bond acceptors (Lipinski definition) is 3. The number of sulfonamides is 1. The summed E-state index contributed by atoms with van der Waals surface area (Å²) in [5, 5.41) is 0. The van der Waals surface area contributed by atoms with Crippen molar-refractivity contribution in [2.24, 2.45) is 5.92 Å². The molecular formula is C15H23NO3S. The van der Waals surface area contributed by atoms with Crippen LogP contribution in [0.5, 0.6) is 5.75 Å². The van der Waals surface area contributed by atoms with Crippen molar-refractivity contribution in [3.8, 4) is 5.75 Å². The van der Waals surface area contributed by atoms with E-state index in [9.17, 15) is 8.42 Å². The van der Waals surface area contributed by atoms with Gasteiger partial charge in [-0.25, -0.2) is 8.42 Å². The van der Waals surface area contributed by atoms with E-state index in [1.165, 1.54) is 0 Å². The largest absolute Gasteiger partial charge is 0.494 e. The fraction of sp³-hybridized carbons (Fsp3) is 0.600. The zero-order chi connectivity index (χ0) is 14.6. The predicted molar refractivity (Wildman–Crippen MR) is 79.4 cm³/mol. The SMILES string of the molecule is CCCN(CC1CC1)S(=O)(=O)c1ccc(OCC)cc1. The first kappa shape index (κ1) is 15.3. The first-order chi connectivity index (χ1) is 9.57. The molecule has 0 unspecified atom stereocenters. The molecule has 1 aromatic rings. The molecule has 0 bridgehead atoms. The van der Waals surface area contributed by atoms with Crippen LogP contribution in [0.3, 0.4) is 0 Å². The van der Waals surface area contributed by atoms with Crippen LogP contribution in [-0.2, 0) is 10.0 Å². The lowest BCUT2D eigenvalue weighted by Gasteiger charge is -2.21. The van der Waals surface area contributed by atoms with Gasteiger partial charge in [-0.15, -0.1) is 0 Å². The van der Waals surface area contributed by atoms with Crippen molar-refractivity contribution in [2.45, 2.75) is 38.0 Å². The molecular weight excluding hydrogens is 274 g/mol. The summed E-state index contributed by atoms with van der Waals surface area (Å²) in [5.74, 6) is 1.26. The minimum atomic E-state index is -3.37. The van der Waals surface area contributed by atoms with Crippen molar-refractivity contribution >= 4 is 10.0 Å². The lowest BCUT2D eigenvalue weighted by atomic mass is 10.3. The maximum Gasteiger partial charge on any atom is 0.243 e. The van der Waals surface area contributed by atoms with Crippen molar-refractivity contribution in [1.29, 1.82) is 0 Å². The van der Waals surface area contributed by atoms with Gasteiger partial charge in [-0.1, -0.05) is 6.92 Å². The maximum atomic E-state index is 12.6. The number of ether oxygens (including phenoxy) is 1. The van der Waals surface area contributed by atoms with Crippen LogP contribution in [0, 0.1) is 5.92 Å². The van der Waals surface area contributed by atoms with E-state index < -0.39 is 10.0 Å². The highest BCUT2D eigenvalue weighted by Gasteiger charge is 2.31. The number of hydrogen-bond donors (Lipinski definition) is 0. The van der Waals surface area contributed by atoms with E-state index in [0.717, 1.165) is 19.3 Å². The second kappa shape index (κ2) is 6.59. The molecule has 1 fully saturated rings. The van der Waals surface area contributed by atoms with E-state index in [4.69, 9.17) is 4.74 Å². The highest BCUT2D eigenvalue weighted by Crippen LogP contribution is 2.32. The van der Waals surface area contributed by atoms with Crippen LogP contribution in [0.4, 0.5) is 0 Å². The fourth-order valence-corrected chi connectivity index (χ4v) is 3.78. The lowest BCUT2D eigenvalue weighted by molar-refractivity contribution is 0.340. The third kappa shape index (κ3) is 3.73. The van der Waals surface area contributed by atoms with Gasteiger partial charge in [0.05, 0.1) is 11.5 Å². The van der Waals surface area contributed by atoms with E-state index in [1.54, 1.807) is 28.6 Å². The molecule has 0 spiro atoms. The summed E-state index contributed by atoms with van der Waals surface area (Å²) >= 11 is 0. The highest BCUT2D eigenvalue weighted by molar-refractivity contribution is 7.89. The van der Waals surface area contributed by atoms with E-state index in [0.29, 0.717) is 36.3 Å². The van der Waals surface area contributed by atoms with Gasteiger partial charge in [-0.3, -0.25) is 0 Å². The van der Waals surface area contributed by atoms with Crippen LogP contribution >= 0.6 is 0 Å². The minimum absolute atomic E-state index is 0.357. The summed E-state index contributed by atoms with van der Waals surface area (Å²) in [6.07, 6.45) is 3.14. The Balaban J connectivity index is 2.17. The summed E-state index contributed by atoms with van der Waals surface area (Å²) in [4.78, 5) is 0.357. The van der Waals surface area contributed by atoms with Crippen LogP contribution in [0.1, 0.15) is 33.1 Å². The minimum Gasteiger partial charge on any atom is -0.494 e. The third-order valence-corrected chi connectivity index (χ3v) is 5.28. The van der Waals surface area contributed by atoms with Gasteiger partial charge in [0.15, 0.2) is 0 Å². The van der Waals surface area contributed by atoms with Crippen molar-refractivity contribution in [2.75, 3.05) is 19.7 Å². The Labute approximate surface area is 121 Å². The third-order valence-electron chi connectivity index (χ3n) is 3.40. The van der Waals surface area contributed by atoms with Crippen LogP contribution in [-0.4, -0.2) is 32.4 Å². The Morgan fingerprint density at radius 2 is 1.85 bits per heavy atom. The molecule has 1 aliphatic rings. The molecule has 0 saturated heterocycles. The molecule has 20 heavy (non-hydrogen) atoms. The van der Waals surface area contributed by atoms with Gasteiger partial charge in [0.2, 0.25) is 10.0 Å². The molecule has 1 saturated carbocycles. The topological polar surface area (TPSA) is 46.6 Å². The van der Waals surface area contributed by atoms with Crippen LogP contribution in [0.15, 0.2) is 29.2 Å². The van der Waals surface area contributed by atoms with Gasteiger partial charge in [-0.05, 0) is 56.4 Å². The Morgan fingerprint density at radius 1 is 1.20 bits per heavy atom. The van der Waals surface area contributed by atoms with E-state index in [-0.39, 0.29) is 0 Å². The van der Waals surface area contributed by atoms with Crippen LogP contribution in [0.2, 0.25) is 0 Å². The molecule has 0 atom stereocenters. The van der Waals surface area contributed by atoms with E-state index >= 15 is 0 Å². The average Bonchev–Trinajstić information content (AvgIpc) is 3.23. The Kier molecular flexibility index (Phi) is 5.05. The Morgan fingerprint density at radius 3 is 2.35 bits per heavy atom. The average molecular weight is 297 g/mol. The molecule has 0 aliphatic heterocycles. The van der Waals surface area contributed by atoms with Gasteiger partial charge in [0.25, 0.3) is 0 Å². The molecule has 0 N–H and O–H groups in total. The van der Waals surface area contributed by atoms with Crippen LogP contribution < -0.4 is 4.74 Å². The quantitative estimate of drug-likeness (QED) is 0.741. The Bertz CT molecular complexity index is 521. The molecule has 1 aromatic carbocycles. The van der Waals surface area contributed by atoms with Crippen molar-refractivity contribution < 1.29 is 13.2 Å². The standard InChI is InChI=1S/C15H23NO3S/c1-3-11-16(12-13-5-6-13)20(17,18)15-9-7-14(8-10-15)19-4-2/h7-10,13H,3-6,11-12H2,1-2H3. The van der Waals surface area contributed by atoms with Gasteiger partial charge < -0.3 is 4.74 Å². The van der Waals surface area contributed by atoms with Crippen LogP contribution in [0.25, 0.3) is 0 Å². The number of rotatable bonds is 8. The second-order valence-electron chi connectivity index (χ2n) is 5.21. The summed E-state index contributed by atoms with van der Waals surface area (Å²) in [6.45, 7) is 5.74. The zero-order valence-corrected chi connectivity index (χ0v) is 13.0. The van der Waals surface area contributed by atoms with Gasteiger partial charge in [0, 0.05) is 13.1 Å². The number of nitrogens with zero attached hydrogens (tertiary/aromatic N) is 1. The van der Waals surface area contributed by atoms with E-state index in [2.05, 4.69) is 0 Å². The first-order valence-corrected chi connectivity index (χ1v) is 8.75. The van der Waals surface area contributed by atoms with Gasteiger partial charge in [0.1, 0.15) is 5.75 Å². The number of benzene rings is 1. The zero-order valence-electron chi connectivity index (χ0n) is 12.2. The smallest absolute Gasteiger partial charge is 0.243 e. The first-order valence-electron chi connectivity index (χ1n) is 7.31. The molecule has 2 rings (SSSR count). The molecule has 112 valence electrons. The summed E-state index contributed by atoms with van der Waals surface area (Å²) < 4.78 is 32.3. The van der Waals surface area contributed by atoms with Crippen molar-refractivity contribution in [3.05, 3.63) is 24.3 Å². The fourth-order valence-electron chi connectivity index (χ4n) is 2.17. The van der Waals surface area contributed by atoms with Gasteiger partial charge >= 0.3 is 0 Å². The molecule has 0 amide bonds. The molecule has 4 nitrogen and oxygen atoms in total. The highest BCUT2D eigenvalue weighted by atomic mass is 32.2. The molecule has 1 aliphatic carbocycles. The molecule has 0 heterocycles. The lowest BCUT2D eigenvalue weighted by Crippen LogP contribution is -2.33. The monoisotopic (exact) mass is 297 g/mol. The normalized spacial score (nSPS) is 15.6.